The van der Waals surface area contributed by atoms with Gasteiger partial charge in [0.1, 0.15) is 5.60 Å². The minimum absolute atomic E-state index is 0. The Bertz CT molecular complexity index is 901. The third kappa shape index (κ3) is 3.09. The summed E-state index contributed by atoms with van der Waals surface area (Å²) in [6, 6.07) is 0. The zero-order valence-corrected chi connectivity index (χ0v) is 22.6. The Hall–Kier alpha value is -0.0936. The van der Waals surface area contributed by atoms with Crippen LogP contribution in [0.3, 0.4) is 0 Å². The second kappa shape index (κ2) is 7.97. The van der Waals surface area contributed by atoms with Crippen LogP contribution < -0.4 is 0 Å². The van der Waals surface area contributed by atoms with Crippen molar-refractivity contribution in [2.24, 2.45) is 28.6 Å². The Kier molecular flexibility index (Phi) is 6.23. The number of aliphatic carboxylic acids is 1. The van der Waals surface area contributed by atoms with Gasteiger partial charge in [-0.25, -0.2) is 0 Å². The first-order valence-electron chi connectivity index (χ1n) is 11.5. The van der Waals surface area contributed by atoms with Crippen LogP contribution in [0.25, 0.3) is 0 Å². The SMILES string of the molecule is COC(=O)[C@@H]1CC2=CC(=O)CC[C@]2(C)[C@@]23O[C@@H]2C[C@@]2(C)[C@@H](CC[C@@]2(O)CCC(=O)O)[C@H]13.[K]. The second-order valence-corrected chi connectivity index (χ2v) is 10.9. The molecule has 1 aliphatic heterocycles. The molecular formula is C24H32KO7. The summed E-state index contributed by atoms with van der Waals surface area (Å²) in [4.78, 5) is 36.4. The Morgan fingerprint density at radius 3 is 2.66 bits per heavy atom. The zero-order chi connectivity index (χ0) is 22.4. The quantitative estimate of drug-likeness (QED) is 0.367. The summed E-state index contributed by atoms with van der Waals surface area (Å²) in [7, 11) is 1.40. The molecule has 1 saturated heterocycles. The largest absolute Gasteiger partial charge is 0.481 e. The van der Waals surface area contributed by atoms with Crippen LogP contribution in [0.2, 0.25) is 0 Å². The van der Waals surface area contributed by atoms with Gasteiger partial charge in [-0.05, 0) is 50.5 Å². The summed E-state index contributed by atoms with van der Waals surface area (Å²) in [5.74, 6) is -1.60. The summed E-state index contributed by atoms with van der Waals surface area (Å²) in [6.07, 6.45) is 5.35. The monoisotopic (exact) mass is 471 g/mol. The molecule has 4 fully saturated rings. The van der Waals surface area contributed by atoms with Crippen molar-refractivity contribution < 1.29 is 34.1 Å². The van der Waals surface area contributed by atoms with E-state index in [1.165, 1.54) is 7.11 Å². The van der Waals surface area contributed by atoms with Gasteiger partial charge in [-0.1, -0.05) is 19.4 Å². The van der Waals surface area contributed by atoms with Gasteiger partial charge in [0.25, 0.3) is 0 Å². The summed E-state index contributed by atoms with van der Waals surface area (Å²) in [5.41, 5.74) is -1.43. The number of carbonyl (C=O) groups excluding carboxylic acids is 2. The molecule has 32 heavy (non-hydrogen) atoms. The van der Waals surface area contributed by atoms with Crippen molar-refractivity contribution in [3.8, 4) is 0 Å². The number of rotatable bonds is 4. The van der Waals surface area contributed by atoms with Gasteiger partial charge in [0.2, 0.25) is 0 Å². The minimum Gasteiger partial charge on any atom is -0.481 e. The van der Waals surface area contributed by atoms with Crippen LogP contribution >= 0.6 is 0 Å². The van der Waals surface area contributed by atoms with Gasteiger partial charge < -0.3 is 19.7 Å². The van der Waals surface area contributed by atoms with E-state index < -0.39 is 28.5 Å². The van der Waals surface area contributed by atoms with Crippen molar-refractivity contribution in [3.05, 3.63) is 11.6 Å². The van der Waals surface area contributed by atoms with E-state index in [0.29, 0.717) is 32.1 Å². The van der Waals surface area contributed by atoms with Gasteiger partial charge in [0.15, 0.2) is 5.78 Å². The third-order valence-electron chi connectivity index (χ3n) is 9.95. The molecule has 8 atom stereocenters. The molecule has 1 heterocycles. The van der Waals surface area contributed by atoms with E-state index in [0.717, 1.165) is 12.0 Å². The van der Waals surface area contributed by atoms with Crippen molar-refractivity contribution >= 4 is 69.1 Å². The molecule has 171 valence electrons. The molecule has 1 radical (unpaired) electrons. The number of carboxylic acids is 1. The molecule has 0 aromatic carbocycles. The molecule has 4 aliphatic carbocycles. The first kappa shape index (κ1) is 25.0. The van der Waals surface area contributed by atoms with Gasteiger partial charge in [0, 0.05) is 81.0 Å². The third-order valence-corrected chi connectivity index (χ3v) is 9.95. The van der Waals surface area contributed by atoms with E-state index in [9.17, 15) is 24.6 Å². The Balaban J connectivity index is 0.00000245. The summed E-state index contributed by atoms with van der Waals surface area (Å²) >= 11 is 0. The van der Waals surface area contributed by atoms with E-state index in [-0.39, 0.29) is 99.3 Å². The maximum atomic E-state index is 13.0. The summed E-state index contributed by atoms with van der Waals surface area (Å²) in [6.45, 7) is 4.24. The predicted octanol–water partition coefficient (Wildman–Crippen LogP) is 2.26. The smallest absolute Gasteiger partial charge is 0.309 e. The Morgan fingerprint density at radius 2 is 2.00 bits per heavy atom. The number of methoxy groups -OCH3 is 1. The normalized spacial score (nSPS) is 48.2. The van der Waals surface area contributed by atoms with E-state index in [2.05, 4.69) is 13.8 Å². The maximum Gasteiger partial charge on any atom is 0.309 e. The van der Waals surface area contributed by atoms with Crippen LogP contribution in [0.4, 0.5) is 0 Å². The zero-order valence-electron chi connectivity index (χ0n) is 19.5. The van der Waals surface area contributed by atoms with Crippen molar-refractivity contribution in [3.63, 3.8) is 0 Å². The maximum absolute atomic E-state index is 13.0. The molecule has 0 amide bonds. The van der Waals surface area contributed by atoms with Crippen LogP contribution in [0.1, 0.15) is 65.2 Å². The van der Waals surface area contributed by atoms with Crippen LogP contribution in [0.15, 0.2) is 11.6 Å². The van der Waals surface area contributed by atoms with Gasteiger partial charge in [0.05, 0.1) is 24.7 Å². The Morgan fingerprint density at radius 1 is 1.28 bits per heavy atom. The molecule has 1 spiro atoms. The number of esters is 1. The number of fused-ring (bicyclic) bond motifs is 3. The number of ether oxygens (including phenoxy) is 2. The average Bonchev–Trinajstić information content (AvgIpc) is 3.38. The fourth-order valence-electron chi connectivity index (χ4n) is 8.22. The summed E-state index contributed by atoms with van der Waals surface area (Å²) in [5, 5.41) is 20.9. The number of epoxide rings is 1. The molecule has 5 rings (SSSR count). The fraction of sp³-hybridized carbons (Fsp3) is 0.792. The van der Waals surface area contributed by atoms with Crippen LogP contribution in [-0.2, 0) is 23.9 Å². The molecule has 5 aliphatic rings. The number of aliphatic hydroxyl groups is 1. The number of carbonyl (C=O) groups is 3. The van der Waals surface area contributed by atoms with E-state index in [1.807, 2.05) is 0 Å². The molecule has 0 aromatic rings. The van der Waals surface area contributed by atoms with E-state index in [1.54, 1.807) is 6.08 Å². The Labute approximate surface area is 231 Å². The van der Waals surface area contributed by atoms with Crippen molar-refractivity contribution in [2.45, 2.75) is 82.5 Å². The van der Waals surface area contributed by atoms with Crippen LogP contribution in [-0.4, -0.2) is 104 Å². The number of carboxylic acid groups (broad SMARTS) is 1. The van der Waals surface area contributed by atoms with E-state index >= 15 is 0 Å². The molecule has 0 bridgehead atoms. The van der Waals surface area contributed by atoms with Crippen molar-refractivity contribution in [1.29, 1.82) is 0 Å². The molecule has 0 unspecified atom stereocenters. The predicted molar refractivity (Wildman–Crippen MR) is 115 cm³/mol. The fourth-order valence-corrected chi connectivity index (χ4v) is 8.22. The van der Waals surface area contributed by atoms with Crippen molar-refractivity contribution in [2.75, 3.05) is 7.11 Å². The van der Waals surface area contributed by atoms with Gasteiger partial charge in [-0.3, -0.25) is 14.4 Å². The molecule has 2 N–H and O–H groups in total. The standard InChI is InChI=1S/C24H32O7.K/c1-21-7-4-14(25)10-13(21)11-15(20(28)30-3)19-16-5-8-23(29,9-6-18(26)27)22(16,2)12-17-24(19,21)31-17;/h10,15-17,19,29H,4-9,11-12H2,1-3H3,(H,26,27);/t15-,16+,17-,19+,21+,22+,23-,24-;/m1./s1. The van der Waals surface area contributed by atoms with Crippen LogP contribution in [0.5, 0.6) is 0 Å². The van der Waals surface area contributed by atoms with Crippen molar-refractivity contribution in [1.82, 2.24) is 0 Å². The molecule has 3 saturated carbocycles. The molecule has 8 heteroatoms. The van der Waals surface area contributed by atoms with Gasteiger partial charge in [-0.15, -0.1) is 0 Å². The topological polar surface area (TPSA) is 113 Å². The van der Waals surface area contributed by atoms with Gasteiger partial charge in [-0.2, -0.15) is 0 Å². The van der Waals surface area contributed by atoms with Crippen LogP contribution in [0, 0.1) is 28.6 Å². The number of ketones is 1. The van der Waals surface area contributed by atoms with E-state index in [4.69, 9.17) is 9.47 Å². The number of hydrogen-bond donors (Lipinski definition) is 2. The molecular weight excluding hydrogens is 439 g/mol. The first-order chi connectivity index (χ1) is 14.5. The first-order valence-corrected chi connectivity index (χ1v) is 11.5. The molecule has 0 aromatic heterocycles. The molecule has 7 nitrogen and oxygen atoms in total. The van der Waals surface area contributed by atoms with Gasteiger partial charge >= 0.3 is 11.9 Å². The second-order valence-electron chi connectivity index (χ2n) is 10.9. The summed E-state index contributed by atoms with van der Waals surface area (Å²) < 4.78 is 11.7. The minimum atomic E-state index is -1.09. The average molecular weight is 472 g/mol. The number of hydrogen-bond acceptors (Lipinski definition) is 6.